The first-order chi connectivity index (χ1) is 22.1. The second kappa shape index (κ2) is 13.4. The number of hydrogen-bond acceptors (Lipinski definition) is 10. The van der Waals surface area contributed by atoms with Crippen LogP contribution in [0.4, 0.5) is 33.2 Å². The zero-order valence-corrected chi connectivity index (χ0v) is 29.2. The fraction of sp³-hybridized carbons (Fsp3) is 0.344. The van der Waals surface area contributed by atoms with Crippen LogP contribution in [0.3, 0.4) is 0 Å². The lowest BCUT2D eigenvalue weighted by Crippen LogP contribution is -2.42. The molecule has 1 saturated heterocycles. The van der Waals surface area contributed by atoms with E-state index in [9.17, 15) is 0 Å². The third-order valence-electron chi connectivity index (χ3n) is 8.23. The summed E-state index contributed by atoms with van der Waals surface area (Å²) in [6.45, 7) is 5.82. The SMILES string of the molecule is COc1c(Nc2ncc(Br)c(Nc3ccc4nccnc4c3P(C)C)n2)cc(-c2cnn(C)c2)c(N2CCC(N(C)C)CC2)c1F. The maximum absolute atomic E-state index is 16.6. The minimum absolute atomic E-state index is 0.0939. The number of halogens is 2. The van der Waals surface area contributed by atoms with Crippen molar-refractivity contribution in [2.45, 2.75) is 18.9 Å². The molecule has 1 aliphatic heterocycles. The van der Waals surface area contributed by atoms with Crippen LogP contribution < -0.4 is 25.6 Å². The van der Waals surface area contributed by atoms with Crippen molar-refractivity contribution in [2.75, 3.05) is 63.2 Å². The number of hydrogen-bond donors (Lipinski definition) is 2. The molecule has 2 aromatic carbocycles. The number of anilines is 5. The topological polar surface area (TPSA) is 109 Å². The molecule has 0 radical (unpaired) electrons. The van der Waals surface area contributed by atoms with Crippen LogP contribution in [0.15, 0.2) is 53.7 Å². The average molecular weight is 708 g/mol. The number of piperidine rings is 1. The lowest BCUT2D eigenvalue weighted by Gasteiger charge is -2.37. The van der Waals surface area contributed by atoms with Gasteiger partial charge in [-0.05, 0) is 74.4 Å². The van der Waals surface area contributed by atoms with E-state index in [1.54, 1.807) is 29.5 Å². The van der Waals surface area contributed by atoms with Gasteiger partial charge < -0.3 is 25.2 Å². The first kappa shape index (κ1) is 32.0. The van der Waals surface area contributed by atoms with Crippen LogP contribution >= 0.6 is 23.9 Å². The zero-order valence-electron chi connectivity index (χ0n) is 26.7. The van der Waals surface area contributed by atoms with Crippen molar-refractivity contribution in [3.05, 3.63) is 59.5 Å². The fourth-order valence-electron chi connectivity index (χ4n) is 5.95. The quantitative estimate of drug-likeness (QED) is 0.174. The Balaban J connectivity index is 1.37. The number of methoxy groups -OCH3 is 1. The minimum atomic E-state index is -0.529. The highest BCUT2D eigenvalue weighted by Crippen LogP contribution is 2.44. The predicted octanol–water partition coefficient (Wildman–Crippen LogP) is 6.11. The third-order valence-corrected chi connectivity index (χ3v) is 10.2. The maximum Gasteiger partial charge on any atom is 0.229 e. The molecule has 0 aliphatic carbocycles. The van der Waals surface area contributed by atoms with E-state index >= 15 is 4.39 Å². The summed E-state index contributed by atoms with van der Waals surface area (Å²) in [5.41, 5.74) is 5.03. The van der Waals surface area contributed by atoms with E-state index in [1.807, 2.05) is 31.4 Å². The molecule has 0 spiro atoms. The molecular weight excluding hydrogens is 670 g/mol. The first-order valence-electron chi connectivity index (χ1n) is 14.9. The Morgan fingerprint density at radius 2 is 1.80 bits per heavy atom. The first-order valence-corrected chi connectivity index (χ1v) is 18.0. The molecule has 3 aromatic heterocycles. The summed E-state index contributed by atoms with van der Waals surface area (Å²) in [7, 11) is 6.98. The van der Waals surface area contributed by atoms with Crippen molar-refractivity contribution in [3.63, 3.8) is 0 Å². The molecule has 0 unspecified atom stereocenters. The predicted molar refractivity (Wildman–Crippen MR) is 188 cm³/mol. The van der Waals surface area contributed by atoms with Gasteiger partial charge in [-0.15, -0.1) is 0 Å². The van der Waals surface area contributed by atoms with Gasteiger partial charge in [-0.3, -0.25) is 14.6 Å². The van der Waals surface area contributed by atoms with Crippen LogP contribution in [0.5, 0.6) is 5.75 Å². The van der Waals surface area contributed by atoms with Crippen LogP contribution in [0, 0.1) is 5.82 Å². The molecule has 11 nitrogen and oxygen atoms in total. The number of nitrogens with zero attached hydrogens (tertiary/aromatic N) is 8. The van der Waals surface area contributed by atoms with Crippen LogP contribution in [-0.2, 0) is 7.05 Å². The molecular formula is C32H37BrFN10OP. The van der Waals surface area contributed by atoms with Crippen molar-refractivity contribution in [2.24, 2.45) is 7.05 Å². The zero-order chi connectivity index (χ0) is 32.5. The second-order valence-electron chi connectivity index (χ2n) is 11.7. The van der Waals surface area contributed by atoms with Crippen LogP contribution in [0.2, 0.25) is 0 Å². The van der Waals surface area contributed by atoms with Crippen molar-refractivity contribution in [1.29, 1.82) is 0 Å². The smallest absolute Gasteiger partial charge is 0.229 e. The van der Waals surface area contributed by atoms with Crippen LogP contribution in [0.1, 0.15) is 12.8 Å². The monoisotopic (exact) mass is 706 g/mol. The number of aromatic nitrogens is 6. The van der Waals surface area contributed by atoms with Gasteiger partial charge in [0.2, 0.25) is 5.95 Å². The van der Waals surface area contributed by atoms with Crippen molar-refractivity contribution in [3.8, 4) is 16.9 Å². The Labute approximate surface area is 277 Å². The molecule has 4 heterocycles. The lowest BCUT2D eigenvalue weighted by molar-refractivity contribution is 0.249. The summed E-state index contributed by atoms with van der Waals surface area (Å²) in [6.07, 6.45) is 10.6. The summed E-state index contributed by atoms with van der Waals surface area (Å²) in [5, 5.41) is 12.2. The highest BCUT2D eigenvalue weighted by atomic mass is 79.9. The van der Waals surface area contributed by atoms with Gasteiger partial charge in [0, 0.05) is 73.1 Å². The van der Waals surface area contributed by atoms with E-state index in [1.165, 1.54) is 7.11 Å². The van der Waals surface area contributed by atoms with E-state index < -0.39 is 13.7 Å². The highest BCUT2D eigenvalue weighted by molar-refractivity contribution is 9.10. The van der Waals surface area contributed by atoms with E-state index in [4.69, 9.17) is 9.72 Å². The van der Waals surface area contributed by atoms with Gasteiger partial charge in [0.1, 0.15) is 5.82 Å². The van der Waals surface area contributed by atoms with Gasteiger partial charge in [-0.25, -0.2) is 9.37 Å². The van der Waals surface area contributed by atoms with E-state index in [0.29, 0.717) is 33.3 Å². The van der Waals surface area contributed by atoms with E-state index in [2.05, 4.69) is 83.8 Å². The van der Waals surface area contributed by atoms with Gasteiger partial charge in [0.25, 0.3) is 0 Å². The van der Waals surface area contributed by atoms with Gasteiger partial charge in [-0.1, -0.05) is 7.92 Å². The second-order valence-corrected chi connectivity index (χ2v) is 14.8. The molecule has 0 bridgehead atoms. The molecule has 240 valence electrons. The highest BCUT2D eigenvalue weighted by Gasteiger charge is 2.29. The average Bonchev–Trinajstić information content (AvgIpc) is 3.48. The van der Waals surface area contributed by atoms with Crippen LogP contribution in [-0.4, -0.2) is 88.3 Å². The largest absolute Gasteiger partial charge is 0.492 e. The summed E-state index contributed by atoms with van der Waals surface area (Å²) < 4.78 is 24.7. The Hall–Kier alpha value is -3.93. The number of benzene rings is 2. The fourth-order valence-corrected chi connectivity index (χ4v) is 7.45. The van der Waals surface area contributed by atoms with E-state index in [-0.39, 0.29) is 11.7 Å². The molecule has 5 aromatic rings. The van der Waals surface area contributed by atoms with Gasteiger partial charge >= 0.3 is 0 Å². The number of fused-ring (bicyclic) bond motifs is 1. The molecule has 0 atom stereocenters. The van der Waals surface area contributed by atoms with Gasteiger partial charge in [0.15, 0.2) is 11.6 Å². The Morgan fingerprint density at radius 3 is 2.48 bits per heavy atom. The lowest BCUT2D eigenvalue weighted by atomic mass is 9.99. The number of ether oxygens (including phenoxy) is 1. The minimum Gasteiger partial charge on any atom is -0.492 e. The van der Waals surface area contributed by atoms with Crippen molar-refractivity contribution in [1.82, 2.24) is 34.6 Å². The van der Waals surface area contributed by atoms with Gasteiger partial charge in [-0.2, -0.15) is 10.1 Å². The summed E-state index contributed by atoms with van der Waals surface area (Å²) in [6, 6.07) is 6.29. The number of aryl methyl sites for hydroxylation is 1. The molecule has 1 aliphatic rings. The Morgan fingerprint density at radius 1 is 1.04 bits per heavy atom. The maximum atomic E-state index is 16.6. The number of rotatable bonds is 9. The molecule has 2 N–H and O–H groups in total. The summed E-state index contributed by atoms with van der Waals surface area (Å²) in [4.78, 5) is 22.7. The van der Waals surface area contributed by atoms with Crippen LogP contribution in [0.25, 0.3) is 22.2 Å². The molecule has 6 rings (SSSR count). The Bertz CT molecular complexity index is 1880. The van der Waals surface area contributed by atoms with Crippen molar-refractivity contribution >= 4 is 69.0 Å². The molecule has 0 amide bonds. The van der Waals surface area contributed by atoms with Gasteiger partial charge in [0.05, 0.1) is 40.2 Å². The molecule has 14 heteroatoms. The molecule has 46 heavy (non-hydrogen) atoms. The number of nitrogens with one attached hydrogen (secondary N) is 2. The van der Waals surface area contributed by atoms with Crippen molar-refractivity contribution < 1.29 is 9.13 Å². The summed E-state index contributed by atoms with van der Waals surface area (Å²) >= 11 is 3.60. The molecule has 1 fully saturated rings. The summed E-state index contributed by atoms with van der Waals surface area (Å²) in [5.74, 6) is 0.478. The normalized spacial score (nSPS) is 14.0. The Kier molecular flexibility index (Phi) is 9.35. The third kappa shape index (κ3) is 6.36. The molecule has 0 saturated carbocycles. The standard InChI is InChI=1S/C32H37BrFN10OP/c1-42(2)20-9-13-44(14-10-20)28-21(19-16-38-43(3)18-19)15-25(29(45-4)26(28)34)40-32-37-17-22(33)31(41-32)39-24-8-7-23-27(30(24)46(5)6)36-12-11-35-23/h7-8,11-12,15-18,20H,9-10,13-14H2,1-6H3,(H2,37,39,40,41). The van der Waals surface area contributed by atoms with E-state index in [0.717, 1.165) is 53.5 Å².